The highest BCUT2D eigenvalue weighted by Crippen LogP contribution is 2.24. The number of hydrogen-bond acceptors (Lipinski definition) is 3. The fraction of sp³-hybridized carbons (Fsp3) is 0.130. The van der Waals surface area contributed by atoms with Crippen molar-refractivity contribution in [2.75, 3.05) is 24.3 Å². The Bertz CT molecular complexity index is 1020. The number of nitrogens with one attached hydrogen (secondary N) is 2. The van der Waals surface area contributed by atoms with Gasteiger partial charge in [-0.25, -0.2) is 0 Å². The summed E-state index contributed by atoms with van der Waals surface area (Å²) in [5.74, 6) is -0.503. The normalized spacial score (nSPS) is 10.3. The summed E-state index contributed by atoms with van der Waals surface area (Å²) in [7, 11) is 3.74. The Labute approximate surface area is 175 Å². The number of anilines is 2. The molecule has 0 bridgehead atoms. The SMILES string of the molecule is CN(C)c1ccc(NC(=O)c2cccc(Cl)c2)cc1C(=O)NCc1ccccc1. The molecule has 0 heterocycles. The number of hydrogen-bond donors (Lipinski definition) is 2. The molecule has 0 spiro atoms. The van der Waals surface area contributed by atoms with Crippen LogP contribution in [-0.4, -0.2) is 25.9 Å². The summed E-state index contributed by atoms with van der Waals surface area (Å²) >= 11 is 5.96. The third kappa shape index (κ3) is 5.36. The Morgan fingerprint density at radius 2 is 1.66 bits per heavy atom. The standard InChI is InChI=1S/C23H22ClN3O2/c1-27(2)21-12-11-19(26-22(28)17-9-6-10-18(24)13-17)14-20(21)23(29)25-15-16-7-4-3-5-8-16/h3-14H,15H2,1-2H3,(H,25,29)(H,26,28). The summed E-state index contributed by atoms with van der Waals surface area (Å²) < 4.78 is 0. The van der Waals surface area contributed by atoms with Crippen molar-refractivity contribution >= 4 is 34.8 Å². The highest BCUT2D eigenvalue weighted by atomic mass is 35.5. The van der Waals surface area contributed by atoms with Crippen LogP contribution in [0.15, 0.2) is 72.8 Å². The van der Waals surface area contributed by atoms with Gasteiger partial charge < -0.3 is 15.5 Å². The second kappa shape index (κ2) is 9.26. The number of nitrogens with zero attached hydrogens (tertiary/aromatic N) is 1. The summed E-state index contributed by atoms with van der Waals surface area (Å²) in [5, 5.41) is 6.25. The Morgan fingerprint density at radius 1 is 0.897 bits per heavy atom. The van der Waals surface area contributed by atoms with Gasteiger partial charge in [-0.15, -0.1) is 0 Å². The fourth-order valence-electron chi connectivity index (χ4n) is 2.89. The highest BCUT2D eigenvalue weighted by Gasteiger charge is 2.15. The van der Waals surface area contributed by atoms with Crippen molar-refractivity contribution in [2.24, 2.45) is 0 Å². The van der Waals surface area contributed by atoms with Gasteiger partial charge >= 0.3 is 0 Å². The summed E-state index contributed by atoms with van der Waals surface area (Å²) in [5.41, 5.74) is 3.23. The molecule has 0 fully saturated rings. The molecule has 3 rings (SSSR count). The molecule has 0 atom stereocenters. The van der Waals surface area contributed by atoms with Gasteiger partial charge in [-0.05, 0) is 42.0 Å². The van der Waals surface area contributed by atoms with Crippen LogP contribution in [-0.2, 0) is 6.54 Å². The number of halogens is 1. The van der Waals surface area contributed by atoms with E-state index in [2.05, 4.69) is 10.6 Å². The molecule has 148 valence electrons. The molecule has 0 aliphatic rings. The van der Waals surface area contributed by atoms with Gasteiger partial charge in [0.2, 0.25) is 0 Å². The van der Waals surface area contributed by atoms with Gasteiger partial charge in [-0.3, -0.25) is 9.59 Å². The largest absolute Gasteiger partial charge is 0.377 e. The second-order valence-corrected chi connectivity index (χ2v) is 7.20. The molecule has 2 amide bonds. The van der Waals surface area contributed by atoms with E-state index >= 15 is 0 Å². The van der Waals surface area contributed by atoms with E-state index < -0.39 is 0 Å². The van der Waals surface area contributed by atoms with Crippen LogP contribution in [0.4, 0.5) is 11.4 Å². The van der Waals surface area contributed by atoms with Gasteiger partial charge in [-0.1, -0.05) is 48.0 Å². The summed E-state index contributed by atoms with van der Waals surface area (Å²) in [4.78, 5) is 27.2. The first-order valence-electron chi connectivity index (χ1n) is 9.14. The average Bonchev–Trinajstić information content (AvgIpc) is 2.72. The van der Waals surface area contributed by atoms with Crippen LogP contribution in [0.2, 0.25) is 5.02 Å². The van der Waals surface area contributed by atoms with Crippen LogP contribution in [0, 0.1) is 0 Å². The molecule has 0 aliphatic heterocycles. The summed E-state index contributed by atoms with van der Waals surface area (Å²) in [6.45, 7) is 0.422. The third-order valence-electron chi connectivity index (χ3n) is 4.36. The van der Waals surface area contributed by atoms with E-state index in [-0.39, 0.29) is 11.8 Å². The van der Waals surface area contributed by atoms with Crippen molar-refractivity contribution in [2.45, 2.75) is 6.54 Å². The molecule has 3 aromatic carbocycles. The fourth-order valence-corrected chi connectivity index (χ4v) is 3.08. The Kier molecular flexibility index (Phi) is 6.52. The first-order chi connectivity index (χ1) is 13.9. The topological polar surface area (TPSA) is 61.4 Å². The van der Waals surface area contributed by atoms with Gasteiger partial charge in [0.15, 0.2) is 0 Å². The molecule has 5 nitrogen and oxygen atoms in total. The van der Waals surface area contributed by atoms with Crippen LogP contribution in [0.5, 0.6) is 0 Å². The van der Waals surface area contributed by atoms with Gasteiger partial charge in [0.1, 0.15) is 0 Å². The van der Waals surface area contributed by atoms with Crippen molar-refractivity contribution in [1.29, 1.82) is 0 Å². The van der Waals surface area contributed by atoms with E-state index in [1.165, 1.54) is 0 Å². The number of amides is 2. The molecule has 0 unspecified atom stereocenters. The van der Waals surface area contributed by atoms with E-state index in [4.69, 9.17) is 11.6 Å². The molecule has 0 saturated carbocycles. The van der Waals surface area contributed by atoms with Crippen molar-refractivity contribution in [3.63, 3.8) is 0 Å². The molecule has 0 radical (unpaired) electrons. The second-order valence-electron chi connectivity index (χ2n) is 6.76. The Balaban J connectivity index is 1.80. The molecule has 6 heteroatoms. The Hall–Kier alpha value is -3.31. The van der Waals surface area contributed by atoms with E-state index in [0.717, 1.165) is 11.3 Å². The lowest BCUT2D eigenvalue weighted by Gasteiger charge is -2.18. The van der Waals surface area contributed by atoms with Crippen LogP contribution >= 0.6 is 11.6 Å². The molecule has 0 saturated heterocycles. The van der Waals surface area contributed by atoms with Crippen molar-refractivity contribution in [3.05, 3.63) is 94.5 Å². The van der Waals surface area contributed by atoms with Crippen LogP contribution in [0.3, 0.4) is 0 Å². The minimum Gasteiger partial charge on any atom is -0.377 e. The van der Waals surface area contributed by atoms with Crippen LogP contribution in [0.1, 0.15) is 26.3 Å². The monoisotopic (exact) mass is 407 g/mol. The maximum absolute atomic E-state index is 12.8. The zero-order valence-corrected chi connectivity index (χ0v) is 17.0. The minimum atomic E-state index is -0.291. The minimum absolute atomic E-state index is 0.212. The molecule has 0 aromatic heterocycles. The van der Waals surface area contributed by atoms with E-state index in [1.54, 1.807) is 36.4 Å². The Morgan fingerprint density at radius 3 is 2.34 bits per heavy atom. The van der Waals surface area contributed by atoms with Crippen LogP contribution < -0.4 is 15.5 Å². The lowest BCUT2D eigenvalue weighted by molar-refractivity contribution is 0.0950. The third-order valence-corrected chi connectivity index (χ3v) is 4.60. The average molecular weight is 408 g/mol. The van der Waals surface area contributed by atoms with Gasteiger partial charge in [0.05, 0.1) is 5.56 Å². The zero-order chi connectivity index (χ0) is 20.8. The molecule has 0 aliphatic carbocycles. The lowest BCUT2D eigenvalue weighted by Crippen LogP contribution is -2.25. The quantitative estimate of drug-likeness (QED) is 0.628. The van der Waals surface area contributed by atoms with E-state index in [0.29, 0.717) is 28.4 Å². The van der Waals surface area contributed by atoms with Crippen LogP contribution in [0.25, 0.3) is 0 Å². The molecule has 29 heavy (non-hydrogen) atoms. The van der Waals surface area contributed by atoms with Crippen molar-refractivity contribution in [1.82, 2.24) is 5.32 Å². The predicted molar refractivity (Wildman–Crippen MR) is 118 cm³/mol. The van der Waals surface area contributed by atoms with Crippen molar-refractivity contribution < 1.29 is 9.59 Å². The molecular weight excluding hydrogens is 386 g/mol. The summed E-state index contributed by atoms with van der Waals surface area (Å²) in [6, 6.07) is 21.7. The first-order valence-corrected chi connectivity index (χ1v) is 9.52. The number of carbonyl (C=O) groups excluding carboxylic acids is 2. The maximum atomic E-state index is 12.8. The van der Waals surface area contributed by atoms with Crippen molar-refractivity contribution in [3.8, 4) is 0 Å². The lowest BCUT2D eigenvalue weighted by atomic mass is 10.1. The van der Waals surface area contributed by atoms with E-state index in [9.17, 15) is 9.59 Å². The predicted octanol–water partition coefficient (Wildman–Crippen LogP) is 4.59. The zero-order valence-electron chi connectivity index (χ0n) is 16.3. The van der Waals surface area contributed by atoms with Gasteiger partial charge in [0.25, 0.3) is 11.8 Å². The maximum Gasteiger partial charge on any atom is 0.255 e. The number of carbonyl (C=O) groups is 2. The number of benzene rings is 3. The highest BCUT2D eigenvalue weighted by molar-refractivity contribution is 6.31. The smallest absolute Gasteiger partial charge is 0.255 e. The van der Waals surface area contributed by atoms with Gasteiger partial charge in [0, 0.05) is 42.6 Å². The first kappa shape index (κ1) is 20.4. The number of rotatable bonds is 6. The van der Waals surface area contributed by atoms with Gasteiger partial charge in [-0.2, -0.15) is 0 Å². The molecule has 2 N–H and O–H groups in total. The summed E-state index contributed by atoms with van der Waals surface area (Å²) in [6.07, 6.45) is 0. The molecule has 3 aromatic rings. The van der Waals surface area contributed by atoms with E-state index in [1.807, 2.05) is 55.4 Å². The molecular formula is C23H22ClN3O2.